The Morgan fingerprint density at radius 3 is 2.47 bits per heavy atom. The number of esters is 1. The lowest BCUT2D eigenvalue weighted by molar-refractivity contribution is -0.139. The van der Waals surface area contributed by atoms with Gasteiger partial charge in [-0.2, -0.15) is 0 Å². The van der Waals surface area contributed by atoms with Gasteiger partial charge in [0.05, 0.1) is 30.3 Å². The number of amides is 1. The van der Waals surface area contributed by atoms with E-state index in [1.165, 1.54) is 17.3 Å². The minimum atomic E-state index is -0.387. The van der Waals surface area contributed by atoms with Crippen molar-refractivity contribution in [2.24, 2.45) is 10.9 Å². The van der Waals surface area contributed by atoms with Gasteiger partial charge in [-0.3, -0.25) is 4.79 Å². The Kier molecular flexibility index (Phi) is 7.82. The third kappa shape index (κ3) is 5.26. The molecule has 0 bridgehead atoms. The molecule has 7 heteroatoms. The van der Waals surface area contributed by atoms with Crippen molar-refractivity contribution >= 4 is 28.8 Å². The number of hydrogen-bond donors (Lipinski definition) is 1. The van der Waals surface area contributed by atoms with Crippen LogP contribution in [0.3, 0.4) is 0 Å². The highest BCUT2D eigenvalue weighted by Crippen LogP contribution is 2.45. The Balaban J connectivity index is 1.98. The molecule has 1 aromatic carbocycles. The largest absolute Gasteiger partial charge is 0.463 e. The van der Waals surface area contributed by atoms with Gasteiger partial charge in [-0.15, -0.1) is 0 Å². The van der Waals surface area contributed by atoms with Gasteiger partial charge < -0.3 is 15.0 Å². The predicted molar refractivity (Wildman–Crippen MR) is 130 cm³/mol. The molecule has 2 aliphatic rings. The fourth-order valence-electron chi connectivity index (χ4n) is 3.76. The third-order valence-electron chi connectivity index (χ3n) is 5.46. The number of nitrogens with one attached hydrogen (secondary N) is 1. The monoisotopic (exact) mass is 455 g/mol. The predicted octanol–water partition coefficient (Wildman–Crippen LogP) is 5.11. The molecule has 2 heterocycles. The number of amidine groups is 1. The van der Waals surface area contributed by atoms with Crippen LogP contribution in [0.25, 0.3) is 0 Å². The van der Waals surface area contributed by atoms with Crippen LogP contribution in [0.4, 0.5) is 0 Å². The van der Waals surface area contributed by atoms with Gasteiger partial charge in [0.15, 0.2) is 5.17 Å². The standard InChI is InChI=1S/C25H33N3O3S/c1-7-31-24(30)22-17(6)27-25-28(20(14-32-25)12-21(29)26-13-15(2)3)23(22)19-10-8-18(9-11-19)16(4)5/h8-11,14-16,23H,7,12-13H2,1-6H3,(H,26,29)/t23-/m1/s1. The summed E-state index contributed by atoms with van der Waals surface area (Å²) in [5, 5.41) is 5.72. The fourth-order valence-corrected chi connectivity index (χ4v) is 4.73. The number of carbonyl (C=O) groups is 2. The second-order valence-corrected chi connectivity index (χ2v) is 9.65. The highest BCUT2D eigenvalue weighted by atomic mass is 32.2. The molecule has 0 aliphatic carbocycles. The zero-order valence-electron chi connectivity index (χ0n) is 19.8. The van der Waals surface area contributed by atoms with Crippen molar-refractivity contribution in [3.05, 3.63) is 57.8 Å². The van der Waals surface area contributed by atoms with Crippen molar-refractivity contribution in [3.8, 4) is 0 Å². The smallest absolute Gasteiger partial charge is 0.338 e. The molecule has 1 aromatic rings. The zero-order chi connectivity index (χ0) is 23.4. The molecule has 0 aromatic heterocycles. The van der Waals surface area contributed by atoms with Crippen LogP contribution in [0.2, 0.25) is 0 Å². The molecule has 3 rings (SSSR count). The Bertz CT molecular complexity index is 961. The lowest BCUT2D eigenvalue weighted by atomic mass is 9.92. The van der Waals surface area contributed by atoms with Crippen molar-refractivity contribution in [1.29, 1.82) is 0 Å². The van der Waals surface area contributed by atoms with Crippen molar-refractivity contribution in [2.45, 2.75) is 59.9 Å². The van der Waals surface area contributed by atoms with Crippen molar-refractivity contribution < 1.29 is 14.3 Å². The van der Waals surface area contributed by atoms with Crippen molar-refractivity contribution in [3.63, 3.8) is 0 Å². The lowest BCUT2D eigenvalue weighted by Gasteiger charge is -2.36. The Morgan fingerprint density at radius 1 is 1.19 bits per heavy atom. The molecule has 1 atom stereocenters. The SMILES string of the molecule is CCOC(=O)C1=C(C)N=C2SC=C(CC(=O)NCC(C)C)N2[C@@H]1c1ccc(C(C)C)cc1. The summed E-state index contributed by atoms with van der Waals surface area (Å²) in [4.78, 5) is 32.3. The van der Waals surface area contributed by atoms with Crippen LogP contribution in [0.5, 0.6) is 0 Å². The van der Waals surface area contributed by atoms with E-state index in [1.54, 1.807) is 6.92 Å². The summed E-state index contributed by atoms with van der Waals surface area (Å²) in [6.45, 7) is 13.0. The summed E-state index contributed by atoms with van der Waals surface area (Å²) in [5.74, 6) is 0.388. The molecule has 2 aliphatic heterocycles. The summed E-state index contributed by atoms with van der Waals surface area (Å²) in [5.41, 5.74) is 4.21. The van der Waals surface area contributed by atoms with Crippen LogP contribution in [0.1, 0.15) is 71.0 Å². The molecule has 0 saturated carbocycles. The van der Waals surface area contributed by atoms with Crippen molar-refractivity contribution in [1.82, 2.24) is 10.2 Å². The molecule has 0 saturated heterocycles. The van der Waals surface area contributed by atoms with E-state index in [0.29, 0.717) is 36.3 Å². The number of fused-ring (bicyclic) bond motifs is 1. The second kappa shape index (κ2) is 10.4. The second-order valence-electron chi connectivity index (χ2n) is 8.81. The number of nitrogens with zero attached hydrogens (tertiary/aromatic N) is 2. The average Bonchev–Trinajstić information content (AvgIpc) is 3.13. The average molecular weight is 456 g/mol. The molecule has 6 nitrogen and oxygen atoms in total. The summed E-state index contributed by atoms with van der Waals surface area (Å²) in [7, 11) is 0. The summed E-state index contributed by atoms with van der Waals surface area (Å²) in [6.07, 6.45) is 0.231. The van der Waals surface area contributed by atoms with E-state index in [9.17, 15) is 9.59 Å². The first-order chi connectivity index (χ1) is 15.2. The lowest BCUT2D eigenvalue weighted by Crippen LogP contribution is -2.38. The number of allylic oxidation sites excluding steroid dienone is 1. The molecule has 0 fully saturated rings. The molecule has 0 radical (unpaired) electrons. The van der Waals surface area contributed by atoms with Crippen LogP contribution in [-0.2, 0) is 14.3 Å². The van der Waals surface area contributed by atoms with E-state index in [1.807, 2.05) is 17.2 Å². The normalized spacial score (nSPS) is 18.0. The Morgan fingerprint density at radius 2 is 1.88 bits per heavy atom. The van der Waals surface area contributed by atoms with E-state index >= 15 is 0 Å². The number of hydrogen-bond acceptors (Lipinski definition) is 6. The van der Waals surface area contributed by atoms with Crippen molar-refractivity contribution in [2.75, 3.05) is 13.2 Å². The number of ether oxygens (including phenoxy) is 1. The molecule has 1 N–H and O–H groups in total. The zero-order valence-corrected chi connectivity index (χ0v) is 20.6. The van der Waals surface area contributed by atoms with Gasteiger partial charge in [-0.1, -0.05) is 63.7 Å². The highest BCUT2D eigenvalue weighted by molar-refractivity contribution is 8.16. The highest BCUT2D eigenvalue weighted by Gasteiger charge is 2.41. The van der Waals surface area contributed by atoms with Gasteiger partial charge in [-0.25, -0.2) is 9.79 Å². The molecular formula is C25H33N3O3S. The van der Waals surface area contributed by atoms with E-state index in [4.69, 9.17) is 4.74 Å². The number of thioether (sulfide) groups is 1. The minimum absolute atomic E-state index is 0.0373. The maximum atomic E-state index is 13.0. The number of rotatable bonds is 8. The minimum Gasteiger partial charge on any atom is -0.463 e. The molecule has 1 amide bonds. The summed E-state index contributed by atoms with van der Waals surface area (Å²) in [6, 6.07) is 7.95. The fraction of sp³-hybridized carbons (Fsp3) is 0.480. The first-order valence-electron chi connectivity index (χ1n) is 11.2. The molecular weight excluding hydrogens is 422 g/mol. The first kappa shape index (κ1) is 24.1. The van der Waals surface area contributed by atoms with Gasteiger partial charge in [0.2, 0.25) is 5.91 Å². The maximum absolute atomic E-state index is 13.0. The van der Waals surface area contributed by atoms with Gasteiger partial charge in [-0.05, 0) is 42.2 Å². The van der Waals surface area contributed by atoms with Crippen LogP contribution in [-0.4, -0.2) is 35.1 Å². The molecule has 32 heavy (non-hydrogen) atoms. The quantitative estimate of drug-likeness (QED) is 0.552. The van der Waals surface area contributed by atoms with Crippen LogP contribution < -0.4 is 5.32 Å². The Hall–Kier alpha value is -2.54. The van der Waals surface area contributed by atoms with E-state index in [-0.39, 0.29) is 24.3 Å². The third-order valence-corrected chi connectivity index (χ3v) is 6.35. The van der Waals surface area contributed by atoms with Crippen LogP contribution >= 0.6 is 11.8 Å². The van der Waals surface area contributed by atoms with Gasteiger partial charge in [0, 0.05) is 12.2 Å². The number of aliphatic imine (C=N–C) groups is 1. The number of carbonyl (C=O) groups excluding carboxylic acids is 2. The van der Waals surface area contributed by atoms with Gasteiger partial charge in [0.1, 0.15) is 0 Å². The van der Waals surface area contributed by atoms with E-state index < -0.39 is 0 Å². The van der Waals surface area contributed by atoms with Crippen LogP contribution in [0.15, 0.2) is 51.6 Å². The van der Waals surface area contributed by atoms with E-state index in [0.717, 1.165) is 16.4 Å². The van der Waals surface area contributed by atoms with Gasteiger partial charge in [0.25, 0.3) is 0 Å². The van der Waals surface area contributed by atoms with Gasteiger partial charge >= 0.3 is 5.97 Å². The molecule has 172 valence electrons. The molecule has 0 spiro atoms. The Labute approximate surface area is 195 Å². The molecule has 0 unspecified atom stereocenters. The van der Waals surface area contributed by atoms with Crippen LogP contribution in [0, 0.1) is 5.92 Å². The summed E-state index contributed by atoms with van der Waals surface area (Å²) < 4.78 is 5.40. The van der Waals surface area contributed by atoms with E-state index in [2.05, 4.69) is 62.3 Å². The summed E-state index contributed by atoms with van der Waals surface area (Å²) >= 11 is 1.49. The number of benzene rings is 1. The topological polar surface area (TPSA) is 71.0 Å². The maximum Gasteiger partial charge on any atom is 0.338 e. The first-order valence-corrected chi connectivity index (χ1v) is 12.1.